The van der Waals surface area contributed by atoms with Crippen molar-refractivity contribution in [2.45, 2.75) is 5.75 Å². The summed E-state index contributed by atoms with van der Waals surface area (Å²) in [4.78, 5) is 12.1. The molecule has 2 aromatic carbocycles. The van der Waals surface area contributed by atoms with E-state index in [2.05, 4.69) is 21.2 Å². The summed E-state index contributed by atoms with van der Waals surface area (Å²) in [6.45, 7) is 0. The summed E-state index contributed by atoms with van der Waals surface area (Å²) in [6.07, 6.45) is 0. The van der Waals surface area contributed by atoms with Gasteiger partial charge in [-0.05, 0) is 29.8 Å². The monoisotopic (exact) mass is 395 g/mol. The van der Waals surface area contributed by atoms with Crippen molar-refractivity contribution in [3.63, 3.8) is 0 Å². The first-order valence-corrected chi connectivity index (χ1v) is 8.91. The highest BCUT2D eigenvalue weighted by molar-refractivity contribution is 9.10. The average molecular weight is 396 g/mol. The van der Waals surface area contributed by atoms with Crippen LogP contribution in [-0.4, -0.2) is 25.9 Å². The number of carbonyl (C=O) groups excluding carboxylic acids is 1. The molecule has 0 atom stereocenters. The van der Waals surface area contributed by atoms with Gasteiger partial charge in [0, 0.05) is 16.3 Å². The number of hydrogen-bond donors (Lipinski definition) is 1. The zero-order valence-corrected chi connectivity index (χ0v) is 15.4. The van der Waals surface area contributed by atoms with Gasteiger partial charge in [-0.1, -0.05) is 28.1 Å². The van der Waals surface area contributed by atoms with Gasteiger partial charge in [-0.2, -0.15) is 0 Å². The minimum Gasteiger partial charge on any atom is -0.497 e. The summed E-state index contributed by atoms with van der Waals surface area (Å²) in [6, 6.07) is 13.4. The first kappa shape index (κ1) is 17.7. The van der Waals surface area contributed by atoms with Crippen LogP contribution < -0.4 is 14.8 Å². The van der Waals surface area contributed by atoms with E-state index in [0.29, 0.717) is 22.9 Å². The van der Waals surface area contributed by atoms with Crippen LogP contribution in [0.5, 0.6) is 11.5 Å². The lowest BCUT2D eigenvalue weighted by molar-refractivity contribution is -0.113. The fourth-order valence-corrected chi connectivity index (χ4v) is 2.99. The first-order chi connectivity index (χ1) is 11.1. The summed E-state index contributed by atoms with van der Waals surface area (Å²) >= 11 is 4.97. The second-order valence-corrected chi connectivity index (χ2v) is 6.63. The van der Waals surface area contributed by atoms with Gasteiger partial charge in [0.15, 0.2) is 0 Å². The molecular weight excluding hydrogens is 378 g/mol. The van der Waals surface area contributed by atoms with E-state index in [1.165, 1.54) is 5.56 Å². The molecule has 1 N–H and O–H groups in total. The number of ether oxygens (including phenoxy) is 2. The lowest BCUT2D eigenvalue weighted by Crippen LogP contribution is -2.15. The number of anilines is 1. The molecule has 1 amide bonds. The quantitative estimate of drug-likeness (QED) is 0.757. The molecule has 122 valence electrons. The Labute approximate surface area is 148 Å². The van der Waals surface area contributed by atoms with Gasteiger partial charge < -0.3 is 14.8 Å². The number of benzene rings is 2. The van der Waals surface area contributed by atoms with E-state index in [4.69, 9.17) is 9.47 Å². The standard InChI is InChI=1S/C17H18BrNO3S/c1-21-14-7-8-16(22-2)15(9-14)19-17(20)11-23-10-12-3-5-13(18)6-4-12/h3-9H,10-11H2,1-2H3,(H,19,20). The van der Waals surface area contributed by atoms with Crippen LogP contribution in [0.3, 0.4) is 0 Å². The Kier molecular flexibility index (Phi) is 6.80. The van der Waals surface area contributed by atoms with Crippen LogP contribution in [0, 0.1) is 0 Å². The lowest BCUT2D eigenvalue weighted by atomic mass is 10.2. The second-order valence-electron chi connectivity index (χ2n) is 4.73. The van der Waals surface area contributed by atoms with Crippen LogP contribution in [0.2, 0.25) is 0 Å². The molecule has 0 radical (unpaired) electrons. The van der Waals surface area contributed by atoms with Crippen molar-refractivity contribution in [2.24, 2.45) is 0 Å². The first-order valence-electron chi connectivity index (χ1n) is 6.96. The Morgan fingerprint density at radius 3 is 2.52 bits per heavy atom. The Morgan fingerprint density at radius 1 is 1.13 bits per heavy atom. The smallest absolute Gasteiger partial charge is 0.234 e. The van der Waals surface area contributed by atoms with Crippen LogP contribution in [0.25, 0.3) is 0 Å². The largest absolute Gasteiger partial charge is 0.497 e. The Hall–Kier alpha value is -1.66. The maximum atomic E-state index is 12.1. The van der Waals surface area contributed by atoms with Crippen molar-refractivity contribution in [1.82, 2.24) is 0 Å². The molecule has 23 heavy (non-hydrogen) atoms. The van der Waals surface area contributed by atoms with Crippen LogP contribution in [0.4, 0.5) is 5.69 Å². The molecule has 0 spiro atoms. The summed E-state index contributed by atoms with van der Waals surface area (Å²) in [7, 11) is 3.15. The van der Waals surface area contributed by atoms with Gasteiger partial charge in [0.25, 0.3) is 0 Å². The number of hydrogen-bond acceptors (Lipinski definition) is 4. The number of amides is 1. The molecule has 2 rings (SSSR count). The van der Waals surface area contributed by atoms with Crippen molar-refractivity contribution < 1.29 is 14.3 Å². The number of methoxy groups -OCH3 is 2. The van der Waals surface area contributed by atoms with Crippen molar-refractivity contribution in [3.05, 3.63) is 52.5 Å². The topological polar surface area (TPSA) is 47.6 Å². The molecule has 0 unspecified atom stereocenters. The second kappa shape index (κ2) is 8.84. The number of rotatable bonds is 7. The highest BCUT2D eigenvalue weighted by Crippen LogP contribution is 2.29. The molecule has 0 aliphatic heterocycles. The van der Waals surface area contributed by atoms with Gasteiger partial charge in [-0.25, -0.2) is 0 Å². The SMILES string of the molecule is COc1ccc(OC)c(NC(=O)CSCc2ccc(Br)cc2)c1. The van der Waals surface area contributed by atoms with Crippen LogP contribution in [-0.2, 0) is 10.5 Å². The molecule has 2 aromatic rings. The molecule has 0 bridgehead atoms. The van der Waals surface area contributed by atoms with Gasteiger partial charge in [-0.3, -0.25) is 4.79 Å². The molecule has 0 saturated heterocycles. The zero-order valence-electron chi connectivity index (χ0n) is 13.0. The van der Waals surface area contributed by atoms with Gasteiger partial charge in [0.2, 0.25) is 5.91 Å². The molecule has 0 fully saturated rings. The van der Waals surface area contributed by atoms with Crippen molar-refractivity contribution in [2.75, 3.05) is 25.3 Å². The third kappa shape index (κ3) is 5.48. The van der Waals surface area contributed by atoms with Crippen LogP contribution in [0.1, 0.15) is 5.56 Å². The van der Waals surface area contributed by atoms with Crippen LogP contribution >= 0.6 is 27.7 Å². The average Bonchev–Trinajstić information content (AvgIpc) is 2.56. The molecule has 0 saturated carbocycles. The Balaban J connectivity index is 1.88. The summed E-state index contributed by atoms with van der Waals surface area (Å²) in [5.74, 6) is 2.37. The minimum absolute atomic E-state index is 0.0707. The van der Waals surface area contributed by atoms with Crippen molar-refractivity contribution in [1.29, 1.82) is 0 Å². The molecule has 6 heteroatoms. The lowest BCUT2D eigenvalue weighted by Gasteiger charge is -2.11. The zero-order chi connectivity index (χ0) is 16.7. The maximum Gasteiger partial charge on any atom is 0.234 e. The minimum atomic E-state index is -0.0707. The van der Waals surface area contributed by atoms with Gasteiger partial charge in [0.05, 0.1) is 25.7 Å². The molecular formula is C17H18BrNO3S. The number of halogens is 1. The normalized spacial score (nSPS) is 10.2. The van der Waals surface area contributed by atoms with Gasteiger partial charge >= 0.3 is 0 Å². The van der Waals surface area contributed by atoms with E-state index in [1.807, 2.05) is 24.3 Å². The van der Waals surface area contributed by atoms with E-state index in [1.54, 1.807) is 44.2 Å². The predicted octanol–water partition coefficient (Wildman–Crippen LogP) is 4.34. The predicted molar refractivity (Wildman–Crippen MR) is 98.5 cm³/mol. The highest BCUT2D eigenvalue weighted by Gasteiger charge is 2.09. The molecule has 0 heterocycles. The van der Waals surface area contributed by atoms with E-state index < -0.39 is 0 Å². The highest BCUT2D eigenvalue weighted by atomic mass is 79.9. The summed E-state index contributed by atoms with van der Waals surface area (Å²) in [5.41, 5.74) is 1.80. The van der Waals surface area contributed by atoms with Crippen molar-refractivity contribution >= 4 is 39.3 Å². The van der Waals surface area contributed by atoms with Crippen LogP contribution in [0.15, 0.2) is 46.9 Å². The maximum absolute atomic E-state index is 12.1. The fraction of sp³-hybridized carbons (Fsp3) is 0.235. The molecule has 4 nitrogen and oxygen atoms in total. The van der Waals surface area contributed by atoms with E-state index in [0.717, 1.165) is 10.2 Å². The number of carbonyl (C=O) groups is 1. The number of thioether (sulfide) groups is 1. The van der Waals surface area contributed by atoms with Gasteiger partial charge in [-0.15, -0.1) is 11.8 Å². The number of nitrogens with one attached hydrogen (secondary N) is 1. The Bertz CT molecular complexity index is 661. The molecule has 0 aromatic heterocycles. The van der Waals surface area contributed by atoms with E-state index in [-0.39, 0.29) is 5.91 Å². The Morgan fingerprint density at radius 2 is 1.87 bits per heavy atom. The van der Waals surface area contributed by atoms with Crippen molar-refractivity contribution in [3.8, 4) is 11.5 Å². The molecule has 0 aliphatic rings. The van der Waals surface area contributed by atoms with Gasteiger partial charge in [0.1, 0.15) is 11.5 Å². The van der Waals surface area contributed by atoms with E-state index in [9.17, 15) is 4.79 Å². The third-order valence-corrected chi connectivity index (χ3v) is 4.63. The summed E-state index contributed by atoms with van der Waals surface area (Å²) < 4.78 is 11.5. The molecule has 0 aliphatic carbocycles. The fourth-order valence-electron chi connectivity index (χ4n) is 1.94. The summed E-state index contributed by atoms with van der Waals surface area (Å²) in [5, 5.41) is 2.86. The van der Waals surface area contributed by atoms with E-state index >= 15 is 0 Å². The third-order valence-electron chi connectivity index (χ3n) is 3.10.